The molecule has 0 radical (unpaired) electrons. The third-order valence-electron chi connectivity index (χ3n) is 5.57. The second kappa shape index (κ2) is 15.3. The predicted molar refractivity (Wildman–Crippen MR) is 145 cm³/mol. The molecule has 10 nitrogen and oxygen atoms in total. The fraction of sp³-hybridized carbons (Fsp3) is 0.571. The van der Waals surface area contributed by atoms with Crippen molar-refractivity contribution in [3.8, 4) is 5.75 Å². The van der Waals surface area contributed by atoms with Gasteiger partial charge in [0, 0.05) is 39.8 Å². The van der Waals surface area contributed by atoms with Gasteiger partial charge in [0.1, 0.15) is 11.2 Å². The van der Waals surface area contributed by atoms with E-state index in [9.17, 15) is 19.5 Å². The molecule has 1 amide bonds. The third-order valence-corrected chi connectivity index (χ3v) is 5.57. The Bertz CT molecular complexity index is 1020. The number of allylic oxidation sites excluding steroid dienone is 1. The number of rotatable bonds is 8. The number of carbonyl (C=O) groups is 3. The molecule has 0 saturated carbocycles. The summed E-state index contributed by atoms with van der Waals surface area (Å²) in [4.78, 5) is 42.2. The van der Waals surface area contributed by atoms with Crippen molar-refractivity contribution in [3.63, 3.8) is 0 Å². The summed E-state index contributed by atoms with van der Waals surface area (Å²) < 4.78 is 16.0. The Morgan fingerprint density at radius 2 is 1.64 bits per heavy atom. The Morgan fingerprint density at radius 3 is 2.15 bits per heavy atom. The molecule has 39 heavy (non-hydrogen) atoms. The molecule has 212 valence electrons. The average molecular weight is 571 g/mol. The largest absolute Gasteiger partial charge is 1.00 e. The van der Waals surface area contributed by atoms with Crippen molar-refractivity contribution in [1.82, 2.24) is 9.80 Å². The maximum absolute atomic E-state index is 12.3. The van der Waals surface area contributed by atoms with E-state index < -0.39 is 23.3 Å². The zero-order valence-electron chi connectivity index (χ0n) is 24.6. The van der Waals surface area contributed by atoms with E-state index in [-0.39, 0.29) is 74.4 Å². The van der Waals surface area contributed by atoms with Crippen LogP contribution in [0.1, 0.15) is 53.5 Å². The molecule has 1 aliphatic rings. The summed E-state index contributed by atoms with van der Waals surface area (Å²) >= 11 is 0. The van der Waals surface area contributed by atoms with Crippen LogP contribution < -0.4 is 61.0 Å². The number of hydrogen-bond donors (Lipinski definition) is 1. The summed E-state index contributed by atoms with van der Waals surface area (Å²) in [7, 11) is 1.88. The maximum atomic E-state index is 12.3. The van der Waals surface area contributed by atoms with Crippen LogP contribution >= 0.6 is 0 Å². The van der Waals surface area contributed by atoms with Crippen LogP contribution in [-0.2, 0) is 14.3 Å². The van der Waals surface area contributed by atoms with Crippen molar-refractivity contribution in [2.24, 2.45) is 0 Å². The Morgan fingerprint density at radius 1 is 1.05 bits per heavy atom. The molecule has 1 N–H and O–H groups in total. The predicted octanol–water partition coefficient (Wildman–Crippen LogP) is 1.49. The van der Waals surface area contributed by atoms with Crippen LogP contribution in [0, 0.1) is 13.0 Å². The molecule has 0 spiro atoms. The molecular formula is C28H41KN3O7-. The first-order valence-corrected chi connectivity index (χ1v) is 12.7. The normalized spacial score (nSPS) is 14.7. The molecule has 1 fully saturated rings. The summed E-state index contributed by atoms with van der Waals surface area (Å²) in [5.41, 5.74) is -0.412. The smallest absolute Gasteiger partial charge is 0.485 e. The Labute approximate surface area is 275 Å². The number of hydrogen-bond acceptors (Lipinski definition) is 8. The average Bonchev–Trinajstić information content (AvgIpc) is 2.77. The maximum Gasteiger partial charge on any atom is 1.00 e. The van der Waals surface area contributed by atoms with Gasteiger partial charge in [0.05, 0.1) is 5.75 Å². The number of amides is 1. The number of benzene rings is 1. The summed E-state index contributed by atoms with van der Waals surface area (Å²) in [6.07, 6.45) is 0.873. The van der Waals surface area contributed by atoms with Gasteiger partial charge < -0.3 is 29.1 Å². The Hall–Kier alpha value is -1.76. The molecule has 0 bridgehead atoms. The van der Waals surface area contributed by atoms with E-state index >= 15 is 0 Å². The molecule has 11 heteroatoms. The van der Waals surface area contributed by atoms with E-state index in [0.29, 0.717) is 25.3 Å². The van der Waals surface area contributed by atoms with Crippen LogP contribution in [-0.4, -0.2) is 90.6 Å². The van der Waals surface area contributed by atoms with Gasteiger partial charge in [-0.3, -0.25) is 9.69 Å². The van der Waals surface area contributed by atoms with Gasteiger partial charge in [-0.1, -0.05) is 12.1 Å². The van der Waals surface area contributed by atoms with E-state index in [1.807, 2.05) is 32.7 Å². The van der Waals surface area contributed by atoms with Crippen molar-refractivity contribution in [3.05, 3.63) is 36.8 Å². The molecule has 0 unspecified atom stereocenters. The van der Waals surface area contributed by atoms with E-state index in [2.05, 4.69) is 17.9 Å². The molecule has 1 heterocycles. The number of piperazine rings is 1. The quantitative estimate of drug-likeness (QED) is 0.163. The number of anilines is 1. The number of nitrogens with zero attached hydrogens (tertiary/aromatic N) is 3. The van der Waals surface area contributed by atoms with E-state index in [0.717, 1.165) is 26.1 Å². The van der Waals surface area contributed by atoms with Crippen molar-refractivity contribution in [2.45, 2.75) is 59.2 Å². The van der Waals surface area contributed by atoms with Crippen LogP contribution in [0.4, 0.5) is 15.3 Å². The molecule has 2 rings (SSSR count). The van der Waals surface area contributed by atoms with Crippen LogP contribution in [0.2, 0.25) is 0 Å². The van der Waals surface area contributed by atoms with Crippen LogP contribution in [0.5, 0.6) is 5.75 Å². The van der Waals surface area contributed by atoms with Gasteiger partial charge in [-0.15, -0.1) is 11.6 Å². The number of carbonyl (C=O) groups excluding carboxylic acids is 2. The van der Waals surface area contributed by atoms with Crippen molar-refractivity contribution in [1.29, 1.82) is 0 Å². The second-order valence-corrected chi connectivity index (χ2v) is 11.2. The van der Waals surface area contributed by atoms with Gasteiger partial charge in [-0.2, -0.15) is 6.08 Å². The summed E-state index contributed by atoms with van der Waals surface area (Å²) in [6.45, 7) is 18.6. The monoisotopic (exact) mass is 570 g/mol. The number of carboxylic acid groups (broad SMARTS) is 1. The zero-order valence-corrected chi connectivity index (χ0v) is 27.8. The minimum Gasteiger partial charge on any atom is -0.485 e. The zero-order chi connectivity index (χ0) is 28.7. The van der Waals surface area contributed by atoms with Gasteiger partial charge in [-0.05, 0) is 65.8 Å². The Balaban J connectivity index is 0.00000760. The fourth-order valence-electron chi connectivity index (χ4n) is 3.76. The fourth-order valence-corrected chi connectivity index (χ4v) is 3.76. The number of aliphatic carboxylic acids is 1. The molecular weight excluding hydrogens is 529 g/mol. The molecule has 0 aromatic heterocycles. The van der Waals surface area contributed by atoms with E-state index in [1.165, 1.54) is 6.08 Å². The first-order chi connectivity index (χ1) is 17.6. The van der Waals surface area contributed by atoms with Crippen molar-refractivity contribution >= 4 is 29.5 Å². The van der Waals surface area contributed by atoms with Crippen molar-refractivity contribution in [2.75, 3.05) is 51.2 Å². The third kappa shape index (κ3) is 12.5. The Kier molecular flexibility index (Phi) is 13.8. The molecule has 1 saturated heterocycles. The molecule has 1 aromatic carbocycles. The van der Waals surface area contributed by atoms with Crippen LogP contribution in [0.25, 0.3) is 5.57 Å². The van der Waals surface area contributed by atoms with Crippen LogP contribution in [0.15, 0.2) is 18.2 Å². The summed E-state index contributed by atoms with van der Waals surface area (Å²) in [5, 5.41) is 9.56. The first kappa shape index (κ1) is 35.3. The minimum atomic E-state index is -1.16. The van der Waals surface area contributed by atoms with Gasteiger partial charge >= 0.3 is 63.6 Å². The van der Waals surface area contributed by atoms with E-state index in [1.54, 1.807) is 37.8 Å². The molecule has 1 aliphatic heterocycles. The van der Waals surface area contributed by atoms with E-state index in [4.69, 9.17) is 14.2 Å². The van der Waals surface area contributed by atoms with Crippen molar-refractivity contribution < 1.29 is 85.1 Å². The topological polar surface area (TPSA) is 109 Å². The first-order valence-electron chi connectivity index (χ1n) is 12.7. The molecule has 0 aliphatic carbocycles. The van der Waals surface area contributed by atoms with Gasteiger partial charge in [0.15, 0.2) is 0 Å². The molecule has 1 aromatic rings. The SMILES string of the molecule is [CH2-]/C=C(/C(=O)O)c1[c-]c(OC(=O)OC(C)(C)C)cc(N(C)CCCN2CCN(C(=O)OC(C)(C)C)CC2)c1.[K+]. The minimum absolute atomic E-state index is 0. The van der Waals surface area contributed by atoms with Gasteiger partial charge in [0.2, 0.25) is 0 Å². The number of carboxylic acids is 1. The summed E-state index contributed by atoms with van der Waals surface area (Å²) in [5.74, 6) is -1.11. The standard InChI is InChI=1S/C28H41N3O7.K/c1-9-23(24(32)33)20-17-21(19-22(18-20)36-26(35)38-28(5,6)7)29(8)11-10-12-30-13-15-31(16-14-30)25(34)37-27(2,3)4;/h9,17,19H,1,10-16H2,2-8H3,(H,32,33);/q-2;+1/b23-9+;. The number of ether oxygens (including phenoxy) is 3. The second-order valence-electron chi connectivity index (χ2n) is 11.2. The van der Waals surface area contributed by atoms with Gasteiger partial charge in [0.25, 0.3) is 5.97 Å². The van der Waals surface area contributed by atoms with Crippen LogP contribution in [0.3, 0.4) is 0 Å². The van der Waals surface area contributed by atoms with Gasteiger partial charge in [-0.25, -0.2) is 16.5 Å². The summed E-state index contributed by atoms with van der Waals surface area (Å²) in [6, 6.07) is 6.13. The molecule has 0 atom stereocenters.